The van der Waals surface area contributed by atoms with Crippen molar-refractivity contribution in [1.29, 1.82) is 0 Å². The van der Waals surface area contributed by atoms with Crippen molar-refractivity contribution in [3.63, 3.8) is 0 Å². The summed E-state index contributed by atoms with van der Waals surface area (Å²) >= 11 is 0. The second-order valence-corrected chi connectivity index (χ2v) is 9.71. The third-order valence-electron chi connectivity index (χ3n) is 7.17. The molecule has 1 aromatic carbocycles. The molecule has 7 nitrogen and oxygen atoms in total. The van der Waals surface area contributed by atoms with Crippen molar-refractivity contribution in [3.8, 4) is 0 Å². The number of hydrogen-bond acceptors (Lipinski definition) is 5. The second kappa shape index (κ2) is 10.6. The van der Waals surface area contributed by atoms with Crippen molar-refractivity contribution in [2.75, 3.05) is 18.5 Å². The van der Waals surface area contributed by atoms with E-state index in [9.17, 15) is 27.9 Å². The van der Waals surface area contributed by atoms with Gasteiger partial charge in [-0.3, -0.25) is 9.59 Å². The van der Waals surface area contributed by atoms with Gasteiger partial charge in [-0.1, -0.05) is 12.1 Å². The van der Waals surface area contributed by atoms with Crippen molar-refractivity contribution < 1.29 is 27.8 Å². The molecule has 2 aliphatic rings. The highest BCUT2D eigenvalue weighted by Crippen LogP contribution is 2.34. The lowest BCUT2D eigenvalue weighted by Crippen LogP contribution is -2.34. The summed E-state index contributed by atoms with van der Waals surface area (Å²) in [5.41, 5.74) is 0.0250. The molecule has 1 aromatic heterocycles. The van der Waals surface area contributed by atoms with Gasteiger partial charge >= 0.3 is 6.18 Å². The summed E-state index contributed by atoms with van der Waals surface area (Å²) in [4.78, 5) is 26.4. The molecule has 0 bridgehead atoms. The summed E-state index contributed by atoms with van der Waals surface area (Å²) in [5, 5.41) is 16.0. The Morgan fingerprint density at radius 2 is 1.92 bits per heavy atom. The SMILES string of the molecule is Cc1c([C@@H](C)NC(=O)c2cn(C3CCOCC3)c(=O)cc2N[C@H]2CC[C@H](O)C2)cccc1C(F)(F)F. The number of aromatic nitrogens is 1. The van der Waals surface area contributed by atoms with Crippen molar-refractivity contribution in [3.05, 3.63) is 63.1 Å². The molecule has 2 fully saturated rings. The molecule has 0 radical (unpaired) electrons. The molecule has 10 heteroatoms. The molecule has 1 saturated carbocycles. The summed E-state index contributed by atoms with van der Waals surface area (Å²) in [5.74, 6) is -0.499. The zero-order valence-corrected chi connectivity index (χ0v) is 20.4. The number of amides is 1. The quantitative estimate of drug-likeness (QED) is 0.541. The lowest BCUT2D eigenvalue weighted by Gasteiger charge is -2.26. The van der Waals surface area contributed by atoms with E-state index in [1.807, 2.05) is 0 Å². The number of hydrogen-bond donors (Lipinski definition) is 3. The second-order valence-electron chi connectivity index (χ2n) is 9.71. The van der Waals surface area contributed by atoms with Crippen LogP contribution in [0.3, 0.4) is 0 Å². The molecular formula is C26H32F3N3O4. The van der Waals surface area contributed by atoms with E-state index in [4.69, 9.17) is 4.74 Å². The third-order valence-corrected chi connectivity index (χ3v) is 7.17. The van der Waals surface area contributed by atoms with E-state index in [2.05, 4.69) is 10.6 Å². The summed E-state index contributed by atoms with van der Waals surface area (Å²) in [6, 6.07) is 4.42. The Morgan fingerprint density at radius 1 is 1.19 bits per heavy atom. The summed E-state index contributed by atoms with van der Waals surface area (Å²) in [7, 11) is 0. The Labute approximate surface area is 207 Å². The maximum absolute atomic E-state index is 13.5. The van der Waals surface area contributed by atoms with Crippen molar-refractivity contribution in [2.24, 2.45) is 0 Å². The van der Waals surface area contributed by atoms with Crippen LogP contribution in [0.25, 0.3) is 0 Å². The van der Waals surface area contributed by atoms with Crippen LogP contribution in [-0.4, -0.2) is 40.9 Å². The minimum atomic E-state index is -4.49. The first kappa shape index (κ1) is 26.2. The molecule has 4 rings (SSSR count). The lowest BCUT2D eigenvalue weighted by molar-refractivity contribution is -0.138. The number of carbonyl (C=O) groups is 1. The van der Waals surface area contributed by atoms with Gasteiger partial charge in [-0.25, -0.2) is 0 Å². The van der Waals surface area contributed by atoms with Crippen molar-refractivity contribution in [1.82, 2.24) is 9.88 Å². The Bertz CT molecular complexity index is 1160. The highest BCUT2D eigenvalue weighted by Gasteiger charge is 2.33. The number of halogens is 3. The van der Waals surface area contributed by atoms with Gasteiger partial charge in [-0.15, -0.1) is 0 Å². The molecule has 36 heavy (non-hydrogen) atoms. The van der Waals surface area contributed by atoms with E-state index in [-0.39, 0.29) is 28.8 Å². The molecule has 0 unspecified atom stereocenters. The number of benzene rings is 1. The molecule has 1 saturated heterocycles. The molecule has 196 valence electrons. The first-order valence-corrected chi connectivity index (χ1v) is 12.3. The monoisotopic (exact) mass is 507 g/mol. The number of rotatable bonds is 6. The maximum atomic E-state index is 13.5. The van der Waals surface area contributed by atoms with E-state index in [1.54, 1.807) is 17.6 Å². The first-order chi connectivity index (χ1) is 17.0. The zero-order chi connectivity index (χ0) is 26.0. The fourth-order valence-electron chi connectivity index (χ4n) is 5.19. The molecular weight excluding hydrogens is 475 g/mol. The van der Waals surface area contributed by atoms with Crippen LogP contribution in [0.15, 0.2) is 35.3 Å². The fraction of sp³-hybridized carbons (Fsp3) is 0.538. The Balaban J connectivity index is 1.65. The van der Waals surface area contributed by atoms with Crippen LogP contribution < -0.4 is 16.2 Å². The number of aliphatic hydroxyl groups excluding tert-OH is 1. The lowest BCUT2D eigenvalue weighted by atomic mass is 9.97. The average Bonchev–Trinajstić information content (AvgIpc) is 3.23. The van der Waals surface area contributed by atoms with E-state index in [0.29, 0.717) is 56.6 Å². The van der Waals surface area contributed by atoms with Gasteiger partial charge in [0.1, 0.15) is 0 Å². The standard InChI is InChI=1S/C26H32F3N3O4/c1-15-20(4-3-5-22(15)26(27,28)29)16(2)30-25(35)21-14-32(18-8-10-36-11-9-18)24(34)13-23(21)31-17-6-7-19(33)12-17/h3-5,13-14,16-19,31,33H,6-12H2,1-2H3,(H,30,35)/t16-,17+,19+/m1/s1. The summed E-state index contributed by atoms with van der Waals surface area (Å²) < 4.78 is 47.1. The van der Waals surface area contributed by atoms with Crippen LogP contribution in [0.1, 0.15) is 78.2 Å². The highest BCUT2D eigenvalue weighted by atomic mass is 19.4. The predicted octanol–water partition coefficient (Wildman–Crippen LogP) is 4.34. The van der Waals surface area contributed by atoms with Gasteiger partial charge in [0, 0.05) is 37.6 Å². The first-order valence-electron chi connectivity index (χ1n) is 12.3. The number of aliphatic hydroxyl groups is 1. The van der Waals surface area contributed by atoms with Gasteiger partial charge in [-0.2, -0.15) is 13.2 Å². The zero-order valence-electron chi connectivity index (χ0n) is 20.4. The Kier molecular flexibility index (Phi) is 7.75. The van der Waals surface area contributed by atoms with Crippen LogP contribution >= 0.6 is 0 Å². The summed E-state index contributed by atoms with van der Waals surface area (Å²) in [6.07, 6.45) is -0.283. The predicted molar refractivity (Wildman–Crippen MR) is 129 cm³/mol. The van der Waals surface area contributed by atoms with E-state index in [0.717, 1.165) is 6.07 Å². The molecule has 1 aliphatic carbocycles. The average molecular weight is 508 g/mol. The van der Waals surface area contributed by atoms with Crippen LogP contribution in [0.2, 0.25) is 0 Å². The maximum Gasteiger partial charge on any atom is 0.416 e. The smallest absolute Gasteiger partial charge is 0.393 e. The normalized spacial score (nSPS) is 21.8. The molecule has 3 N–H and O–H groups in total. The van der Waals surface area contributed by atoms with Crippen LogP contribution in [0.5, 0.6) is 0 Å². The molecule has 1 amide bonds. The number of pyridine rings is 1. The molecule has 0 spiro atoms. The number of nitrogens with one attached hydrogen (secondary N) is 2. The third kappa shape index (κ3) is 5.75. The van der Waals surface area contributed by atoms with Gasteiger partial charge < -0.3 is 25.0 Å². The van der Waals surface area contributed by atoms with Crippen LogP contribution in [0, 0.1) is 6.92 Å². The number of alkyl halides is 3. The summed E-state index contributed by atoms with van der Waals surface area (Å²) in [6.45, 7) is 4.06. The molecule has 2 heterocycles. The van der Waals surface area contributed by atoms with Gasteiger partial charge in [0.15, 0.2) is 0 Å². The fourth-order valence-corrected chi connectivity index (χ4v) is 5.19. The van der Waals surface area contributed by atoms with Gasteiger partial charge in [0.25, 0.3) is 11.5 Å². The van der Waals surface area contributed by atoms with Gasteiger partial charge in [0.2, 0.25) is 0 Å². The Hall–Kier alpha value is -2.85. The number of anilines is 1. The largest absolute Gasteiger partial charge is 0.416 e. The van der Waals surface area contributed by atoms with Crippen LogP contribution in [-0.2, 0) is 10.9 Å². The topological polar surface area (TPSA) is 92.6 Å². The number of ether oxygens (including phenoxy) is 1. The van der Waals surface area contributed by atoms with E-state index in [1.165, 1.54) is 25.3 Å². The van der Waals surface area contributed by atoms with Crippen molar-refractivity contribution in [2.45, 2.75) is 76.4 Å². The minimum absolute atomic E-state index is 0.0586. The molecule has 3 atom stereocenters. The Morgan fingerprint density at radius 3 is 2.56 bits per heavy atom. The minimum Gasteiger partial charge on any atom is -0.393 e. The van der Waals surface area contributed by atoms with Crippen molar-refractivity contribution >= 4 is 11.6 Å². The highest BCUT2D eigenvalue weighted by molar-refractivity contribution is 5.99. The van der Waals surface area contributed by atoms with E-state index >= 15 is 0 Å². The number of carbonyl (C=O) groups excluding carboxylic acids is 1. The van der Waals surface area contributed by atoms with Gasteiger partial charge in [-0.05, 0) is 63.1 Å². The van der Waals surface area contributed by atoms with E-state index < -0.39 is 29.8 Å². The number of nitrogens with zero attached hydrogens (tertiary/aromatic N) is 1. The molecule has 2 aromatic rings. The molecule has 1 aliphatic heterocycles. The van der Waals surface area contributed by atoms with Gasteiger partial charge in [0.05, 0.1) is 29.0 Å². The van der Waals surface area contributed by atoms with Crippen LogP contribution in [0.4, 0.5) is 18.9 Å².